The highest BCUT2D eigenvalue weighted by Gasteiger charge is 2.44. The van der Waals surface area contributed by atoms with Crippen LogP contribution in [0.25, 0.3) is 0 Å². The van der Waals surface area contributed by atoms with Crippen molar-refractivity contribution < 1.29 is 19.0 Å². The van der Waals surface area contributed by atoms with Gasteiger partial charge in [0.15, 0.2) is 11.5 Å². The summed E-state index contributed by atoms with van der Waals surface area (Å²) in [5, 5.41) is 3.35. The predicted molar refractivity (Wildman–Crippen MR) is 105 cm³/mol. The molecule has 3 aliphatic rings. The minimum atomic E-state index is -0.497. The lowest BCUT2D eigenvalue weighted by molar-refractivity contribution is -0.127. The van der Waals surface area contributed by atoms with Gasteiger partial charge in [-0.2, -0.15) is 0 Å². The van der Waals surface area contributed by atoms with E-state index in [4.69, 9.17) is 14.2 Å². The molecule has 0 bridgehead atoms. The average Bonchev–Trinajstić information content (AvgIpc) is 3.25. The van der Waals surface area contributed by atoms with Crippen molar-refractivity contribution in [3.8, 4) is 17.2 Å². The van der Waals surface area contributed by atoms with Crippen LogP contribution in [0.5, 0.6) is 17.2 Å². The molecular weight excluding hydrogens is 354 g/mol. The van der Waals surface area contributed by atoms with Crippen molar-refractivity contribution in [1.29, 1.82) is 0 Å². The Kier molecular flexibility index (Phi) is 4.38. The molecule has 1 aliphatic carbocycles. The molecule has 5 rings (SSSR count). The van der Waals surface area contributed by atoms with Gasteiger partial charge in [0.1, 0.15) is 19.0 Å². The fourth-order valence-electron chi connectivity index (χ4n) is 4.75. The molecule has 0 saturated heterocycles. The molecule has 1 amide bonds. The fraction of sp³-hybridized carbons (Fsp3) is 0.435. The van der Waals surface area contributed by atoms with Crippen molar-refractivity contribution in [1.82, 2.24) is 5.32 Å². The molecule has 0 aromatic heterocycles. The molecule has 0 spiro atoms. The number of amides is 1. The molecule has 2 heterocycles. The standard InChI is InChI=1S/C23H25NO4/c25-22(24-18-9-12-26-19-6-2-1-5-17(18)19)23(10-3-4-11-23)16-7-8-20-21(15-16)28-14-13-27-20/h1-2,5-8,15,18H,3-4,9-14H2,(H,24,25)/t18-/m0/s1. The van der Waals surface area contributed by atoms with Gasteiger partial charge in [-0.3, -0.25) is 4.79 Å². The van der Waals surface area contributed by atoms with Gasteiger partial charge < -0.3 is 19.5 Å². The Balaban J connectivity index is 1.45. The van der Waals surface area contributed by atoms with E-state index in [1.54, 1.807) is 0 Å². The maximum Gasteiger partial charge on any atom is 0.231 e. The lowest BCUT2D eigenvalue weighted by atomic mass is 9.77. The van der Waals surface area contributed by atoms with E-state index >= 15 is 0 Å². The Morgan fingerprint density at radius 3 is 2.50 bits per heavy atom. The highest BCUT2D eigenvalue weighted by molar-refractivity contribution is 5.89. The number of carbonyl (C=O) groups is 1. The summed E-state index contributed by atoms with van der Waals surface area (Å²) in [7, 11) is 0. The molecule has 28 heavy (non-hydrogen) atoms. The van der Waals surface area contributed by atoms with Gasteiger partial charge >= 0.3 is 0 Å². The molecule has 5 heteroatoms. The summed E-state index contributed by atoms with van der Waals surface area (Å²) in [5.41, 5.74) is 1.60. The molecule has 2 aromatic rings. The van der Waals surface area contributed by atoms with Crippen LogP contribution in [0.3, 0.4) is 0 Å². The van der Waals surface area contributed by atoms with Crippen molar-refractivity contribution in [2.45, 2.75) is 43.6 Å². The lowest BCUT2D eigenvalue weighted by Crippen LogP contribution is -2.45. The van der Waals surface area contributed by atoms with E-state index in [0.29, 0.717) is 19.8 Å². The maximum atomic E-state index is 13.6. The van der Waals surface area contributed by atoms with Gasteiger partial charge in [0, 0.05) is 12.0 Å². The first-order chi connectivity index (χ1) is 13.8. The first-order valence-electron chi connectivity index (χ1n) is 10.2. The second kappa shape index (κ2) is 7.04. The minimum Gasteiger partial charge on any atom is -0.493 e. The Morgan fingerprint density at radius 1 is 0.893 bits per heavy atom. The van der Waals surface area contributed by atoms with E-state index in [1.165, 1.54) is 0 Å². The Labute approximate surface area is 165 Å². The van der Waals surface area contributed by atoms with Crippen molar-refractivity contribution in [3.05, 3.63) is 53.6 Å². The first-order valence-corrected chi connectivity index (χ1v) is 10.2. The van der Waals surface area contributed by atoms with E-state index in [2.05, 4.69) is 5.32 Å². The molecule has 2 aliphatic heterocycles. The van der Waals surface area contributed by atoms with Crippen LogP contribution in [-0.4, -0.2) is 25.7 Å². The van der Waals surface area contributed by atoms with Gasteiger partial charge in [0.05, 0.1) is 18.1 Å². The molecular formula is C23H25NO4. The molecule has 1 atom stereocenters. The third-order valence-corrected chi connectivity index (χ3v) is 6.25. The first kappa shape index (κ1) is 17.4. The van der Waals surface area contributed by atoms with Gasteiger partial charge in [-0.05, 0) is 36.6 Å². The summed E-state index contributed by atoms with van der Waals surface area (Å²) in [5.74, 6) is 2.50. The number of nitrogens with one attached hydrogen (secondary N) is 1. The van der Waals surface area contributed by atoms with Gasteiger partial charge in [0.2, 0.25) is 5.91 Å². The molecule has 1 fully saturated rings. The molecule has 0 radical (unpaired) electrons. The van der Waals surface area contributed by atoms with Gasteiger partial charge in [-0.15, -0.1) is 0 Å². The topological polar surface area (TPSA) is 56.8 Å². The molecule has 2 aromatic carbocycles. The SMILES string of the molecule is O=C(N[C@H]1CCOc2ccccc21)C1(c2ccc3c(c2)OCCO3)CCCC1. The Hall–Kier alpha value is -2.69. The quantitative estimate of drug-likeness (QED) is 0.879. The zero-order valence-electron chi connectivity index (χ0n) is 15.9. The second-order valence-electron chi connectivity index (χ2n) is 7.85. The van der Waals surface area contributed by atoms with Crippen molar-refractivity contribution in [3.63, 3.8) is 0 Å². The zero-order valence-corrected chi connectivity index (χ0v) is 15.9. The van der Waals surface area contributed by atoms with Crippen LogP contribution >= 0.6 is 0 Å². The molecule has 0 unspecified atom stereocenters. The number of hydrogen-bond acceptors (Lipinski definition) is 4. The lowest BCUT2D eigenvalue weighted by Gasteiger charge is -2.33. The third kappa shape index (κ3) is 2.89. The maximum absolute atomic E-state index is 13.6. The number of hydrogen-bond donors (Lipinski definition) is 1. The summed E-state index contributed by atoms with van der Waals surface area (Å²) in [6.45, 7) is 1.74. The number of fused-ring (bicyclic) bond motifs is 2. The minimum absolute atomic E-state index is 0.00728. The van der Waals surface area contributed by atoms with Crippen molar-refractivity contribution >= 4 is 5.91 Å². The summed E-state index contributed by atoms with van der Waals surface area (Å²) < 4.78 is 17.2. The highest BCUT2D eigenvalue weighted by atomic mass is 16.6. The van der Waals surface area contributed by atoms with Gasteiger partial charge in [-0.1, -0.05) is 37.1 Å². The molecule has 1 N–H and O–H groups in total. The summed E-state index contributed by atoms with van der Waals surface area (Å²) in [4.78, 5) is 13.6. The highest BCUT2D eigenvalue weighted by Crippen LogP contribution is 2.45. The van der Waals surface area contributed by atoms with Crippen LogP contribution < -0.4 is 19.5 Å². The van der Waals surface area contributed by atoms with E-state index < -0.39 is 5.41 Å². The van der Waals surface area contributed by atoms with Gasteiger partial charge in [0.25, 0.3) is 0 Å². The van der Waals surface area contributed by atoms with Crippen LogP contribution in [0.15, 0.2) is 42.5 Å². The van der Waals surface area contributed by atoms with Crippen molar-refractivity contribution in [2.24, 2.45) is 0 Å². The van der Waals surface area contributed by atoms with E-state index in [-0.39, 0.29) is 11.9 Å². The Morgan fingerprint density at radius 2 is 1.64 bits per heavy atom. The summed E-state index contributed by atoms with van der Waals surface area (Å²) in [6, 6.07) is 14.0. The third-order valence-electron chi connectivity index (χ3n) is 6.25. The number of carbonyl (C=O) groups excluding carboxylic acids is 1. The van der Waals surface area contributed by atoms with Crippen LogP contribution in [0.2, 0.25) is 0 Å². The smallest absolute Gasteiger partial charge is 0.231 e. The number of para-hydroxylation sites is 1. The Bertz CT molecular complexity index is 888. The van der Waals surface area contributed by atoms with E-state index in [1.807, 2.05) is 42.5 Å². The second-order valence-corrected chi connectivity index (χ2v) is 7.85. The normalized spacial score (nSPS) is 22.1. The van der Waals surface area contributed by atoms with E-state index in [0.717, 1.165) is 60.5 Å². The summed E-state index contributed by atoms with van der Waals surface area (Å²) in [6.07, 6.45) is 4.64. The monoisotopic (exact) mass is 379 g/mol. The summed E-state index contributed by atoms with van der Waals surface area (Å²) >= 11 is 0. The van der Waals surface area contributed by atoms with Gasteiger partial charge in [-0.25, -0.2) is 0 Å². The van der Waals surface area contributed by atoms with Crippen LogP contribution in [-0.2, 0) is 10.2 Å². The largest absolute Gasteiger partial charge is 0.493 e. The fourth-order valence-corrected chi connectivity index (χ4v) is 4.75. The van der Waals surface area contributed by atoms with Crippen LogP contribution in [0.1, 0.15) is 49.3 Å². The zero-order chi connectivity index (χ0) is 19.0. The van der Waals surface area contributed by atoms with E-state index in [9.17, 15) is 4.79 Å². The van der Waals surface area contributed by atoms with Crippen molar-refractivity contribution in [2.75, 3.05) is 19.8 Å². The predicted octanol–water partition coefficient (Wildman–Crippen LogP) is 3.91. The van der Waals surface area contributed by atoms with Crippen LogP contribution in [0.4, 0.5) is 0 Å². The van der Waals surface area contributed by atoms with Crippen LogP contribution in [0, 0.1) is 0 Å². The number of benzene rings is 2. The average molecular weight is 379 g/mol. The molecule has 146 valence electrons. The number of rotatable bonds is 3. The molecule has 1 saturated carbocycles. The number of ether oxygens (including phenoxy) is 3. The molecule has 5 nitrogen and oxygen atoms in total.